The molecular weight excluding hydrogens is 259 g/mol. The van der Waals surface area contributed by atoms with Crippen molar-refractivity contribution in [2.75, 3.05) is 5.73 Å². The minimum absolute atomic E-state index is 0.253. The lowest BCUT2D eigenvalue weighted by atomic mass is 10.3. The molecule has 0 aliphatic heterocycles. The van der Waals surface area contributed by atoms with Crippen LogP contribution in [0.4, 0.5) is 5.95 Å². The highest BCUT2D eigenvalue weighted by Gasteiger charge is 2.01. The second kappa shape index (κ2) is 7.67. The Hall–Kier alpha value is -1.60. The second-order valence-electron chi connectivity index (χ2n) is 3.02. The third-order valence-corrected chi connectivity index (χ3v) is 1.40. The fourth-order valence-electron chi connectivity index (χ4n) is 0.929. The van der Waals surface area contributed by atoms with E-state index in [0.717, 1.165) is 0 Å². The van der Waals surface area contributed by atoms with Crippen LogP contribution < -0.4 is 5.73 Å². The topological polar surface area (TPSA) is 142 Å². The molecule has 0 aliphatic rings. The van der Waals surface area contributed by atoms with Crippen molar-refractivity contribution in [1.29, 1.82) is 0 Å². The molecule has 0 aliphatic carbocycles. The maximum Gasteiger partial charge on any atom is 0.466 e. The first-order chi connectivity index (χ1) is 8.26. The fourth-order valence-corrected chi connectivity index (χ4v) is 0.929. The van der Waals surface area contributed by atoms with E-state index >= 15 is 0 Å². The van der Waals surface area contributed by atoms with Gasteiger partial charge >= 0.3 is 7.82 Å². The standard InChI is InChI=1S/C9H12N4.H3O4P/c1-3-5-7-11-8(6-4-2)13-9(10)12-7;1-5(2,3)4/h3-4H,1-2,5-6H2,(H2,10,11,12,13);(H3,1,2,3,4). The van der Waals surface area contributed by atoms with E-state index in [9.17, 15) is 0 Å². The number of hydrogen-bond acceptors (Lipinski definition) is 5. The van der Waals surface area contributed by atoms with Gasteiger partial charge in [-0.3, -0.25) is 0 Å². The predicted octanol–water partition coefficient (Wildman–Crippen LogP) is -0.0178. The molecule has 0 saturated carbocycles. The second-order valence-corrected chi connectivity index (χ2v) is 4.05. The molecule has 0 amide bonds. The molecular formula is C9H15N4O4P. The van der Waals surface area contributed by atoms with Crippen LogP contribution in [0.2, 0.25) is 0 Å². The van der Waals surface area contributed by atoms with Crippen molar-refractivity contribution < 1.29 is 19.2 Å². The zero-order valence-corrected chi connectivity index (χ0v) is 10.5. The van der Waals surface area contributed by atoms with Crippen molar-refractivity contribution in [2.24, 2.45) is 0 Å². The highest BCUT2D eigenvalue weighted by atomic mass is 31.2. The van der Waals surface area contributed by atoms with Gasteiger partial charge in [-0.05, 0) is 0 Å². The minimum atomic E-state index is -4.64. The molecule has 0 saturated heterocycles. The minimum Gasteiger partial charge on any atom is -0.368 e. The number of nitrogens with two attached hydrogens (primary N) is 1. The molecule has 0 unspecified atom stereocenters. The van der Waals surface area contributed by atoms with E-state index in [4.69, 9.17) is 25.0 Å². The van der Waals surface area contributed by atoms with Gasteiger partial charge in [0.2, 0.25) is 5.95 Å². The van der Waals surface area contributed by atoms with Crippen LogP contribution in [0.1, 0.15) is 11.6 Å². The molecule has 1 heterocycles. The number of allylic oxidation sites excluding steroid dienone is 2. The van der Waals surface area contributed by atoms with Crippen molar-refractivity contribution >= 4 is 13.8 Å². The molecule has 0 spiro atoms. The Labute approximate surface area is 104 Å². The van der Waals surface area contributed by atoms with Gasteiger partial charge in [0.05, 0.1) is 0 Å². The van der Waals surface area contributed by atoms with Crippen molar-refractivity contribution in [3.05, 3.63) is 37.0 Å². The van der Waals surface area contributed by atoms with Crippen molar-refractivity contribution in [1.82, 2.24) is 15.0 Å². The highest BCUT2D eigenvalue weighted by Crippen LogP contribution is 2.25. The molecule has 0 fully saturated rings. The van der Waals surface area contributed by atoms with Gasteiger partial charge in [0.1, 0.15) is 11.6 Å². The van der Waals surface area contributed by atoms with Gasteiger partial charge in [0.15, 0.2) is 0 Å². The summed E-state index contributed by atoms with van der Waals surface area (Å²) in [6, 6.07) is 0. The number of anilines is 1. The highest BCUT2D eigenvalue weighted by molar-refractivity contribution is 7.45. The summed E-state index contributed by atoms with van der Waals surface area (Å²) in [5.74, 6) is 1.56. The third-order valence-electron chi connectivity index (χ3n) is 1.40. The van der Waals surface area contributed by atoms with Gasteiger partial charge in [-0.25, -0.2) is 9.55 Å². The van der Waals surface area contributed by atoms with E-state index < -0.39 is 7.82 Å². The number of rotatable bonds is 4. The van der Waals surface area contributed by atoms with Gasteiger partial charge in [0.25, 0.3) is 0 Å². The average molecular weight is 274 g/mol. The summed E-state index contributed by atoms with van der Waals surface area (Å²) in [4.78, 5) is 33.6. The Morgan fingerprint density at radius 3 is 1.67 bits per heavy atom. The monoisotopic (exact) mass is 274 g/mol. The number of nitrogen functional groups attached to an aromatic ring is 1. The van der Waals surface area contributed by atoms with E-state index in [1.54, 1.807) is 12.2 Å². The molecule has 100 valence electrons. The predicted molar refractivity (Wildman–Crippen MR) is 66.3 cm³/mol. The van der Waals surface area contributed by atoms with Crippen LogP contribution in [-0.4, -0.2) is 29.6 Å². The van der Waals surface area contributed by atoms with Crippen molar-refractivity contribution in [2.45, 2.75) is 12.8 Å². The molecule has 1 aromatic heterocycles. The zero-order chi connectivity index (χ0) is 14.2. The molecule has 9 heteroatoms. The van der Waals surface area contributed by atoms with Crippen LogP contribution in [0.15, 0.2) is 25.3 Å². The largest absolute Gasteiger partial charge is 0.466 e. The van der Waals surface area contributed by atoms with Crippen LogP contribution in [0.3, 0.4) is 0 Å². The van der Waals surface area contributed by atoms with E-state index in [-0.39, 0.29) is 5.95 Å². The summed E-state index contributed by atoms with van der Waals surface area (Å²) in [6.07, 6.45) is 4.67. The molecule has 18 heavy (non-hydrogen) atoms. The Bertz CT molecular complexity index is 423. The SMILES string of the molecule is C=CCc1nc(N)nc(CC=C)n1.O=P(O)(O)O. The summed E-state index contributed by atoms with van der Waals surface area (Å²) in [5, 5.41) is 0. The maximum atomic E-state index is 8.88. The van der Waals surface area contributed by atoms with E-state index in [1.807, 2.05) is 0 Å². The number of phosphoric acid groups is 1. The first-order valence-electron chi connectivity index (χ1n) is 4.75. The molecule has 1 aromatic rings. The van der Waals surface area contributed by atoms with Crippen molar-refractivity contribution in [3.8, 4) is 0 Å². The van der Waals surface area contributed by atoms with E-state index in [1.165, 1.54) is 0 Å². The Kier molecular flexibility index (Phi) is 6.99. The normalized spacial score (nSPS) is 10.2. The summed E-state index contributed by atoms with van der Waals surface area (Å²) in [7, 11) is -4.64. The van der Waals surface area contributed by atoms with Gasteiger partial charge in [-0.15, -0.1) is 13.2 Å². The zero-order valence-electron chi connectivity index (χ0n) is 9.60. The third kappa shape index (κ3) is 9.61. The van der Waals surface area contributed by atoms with Crippen LogP contribution in [0.5, 0.6) is 0 Å². The Balaban J connectivity index is 0.000000494. The lowest BCUT2D eigenvalue weighted by Crippen LogP contribution is -2.06. The van der Waals surface area contributed by atoms with Gasteiger partial charge in [0, 0.05) is 12.8 Å². The molecule has 8 nitrogen and oxygen atoms in total. The Morgan fingerprint density at radius 2 is 1.39 bits per heavy atom. The van der Waals surface area contributed by atoms with Crippen LogP contribution in [0.25, 0.3) is 0 Å². The lowest BCUT2D eigenvalue weighted by molar-refractivity contribution is 0.275. The number of aromatic nitrogens is 3. The first-order valence-corrected chi connectivity index (χ1v) is 6.32. The van der Waals surface area contributed by atoms with Gasteiger partial charge in [-0.2, -0.15) is 9.97 Å². The Morgan fingerprint density at radius 1 is 1.06 bits per heavy atom. The van der Waals surface area contributed by atoms with E-state index in [2.05, 4.69) is 28.1 Å². The van der Waals surface area contributed by atoms with Gasteiger partial charge < -0.3 is 20.4 Å². The van der Waals surface area contributed by atoms with Crippen LogP contribution >= 0.6 is 7.82 Å². The summed E-state index contributed by atoms with van der Waals surface area (Å²) in [6.45, 7) is 7.20. The molecule has 0 atom stereocenters. The summed E-state index contributed by atoms with van der Waals surface area (Å²) in [5.41, 5.74) is 5.49. The van der Waals surface area contributed by atoms with Gasteiger partial charge in [-0.1, -0.05) is 12.2 Å². The smallest absolute Gasteiger partial charge is 0.368 e. The quantitative estimate of drug-likeness (QED) is 0.443. The van der Waals surface area contributed by atoms with Crippen molar-refractivity contribution in [3.63, 3.8) is 0 Å². The molecule has 1 rings (SSSR count). The molecule has 0 radical (unpaired) electrons. The number of nitrogens with zero attached hydrogens (tertiary/aromatic N) is 3. The summed E-state index contributed by atoms with van der Waals surface area (Å²) < 4.78 is 8.88. The molecule has 0 aromatic carbocycles. The first kappa shape index (κ1) is 16.4. The molecule has 0 bridgehead atoms. The van der Waals surface area contributed by atoms with Crippen LogP contribution in [0, 0.1) is 0 Å². The fraction of sp³-hybridized carbons (Fsp3) is 0.222. The summed E-state index contributed by atoms with van der Waals surface area (Å²) >= 11 is 0. The maximum absolute atomic E-state index is 8.88. The molecule has 5 N–H and O–H groups in total. The van der Waals surface area contributed by atoms with E-state index in [0.29, 0.717) is 24.5 Å². The van der Waals surface area contributed by atoms with Crippen LogP contribution in [-0.2, 0) is 17.4 Å². The number of hydrogen-bond donors (Lipinski definition) is 4. The average Bonchev–Trinajstić information content (AvgIpc) is 2.14. The lowest BCUT2D eigenvalue weighted by Gasteiger charge is -2.00.